The van der Waals surface area contributed by atoms with E-state index in [1.807, 2.05) is 63.5 Å². The molecule has 2 rings (SSSR count). The van der Waals surface area contributed by atoms with Crippen molar-refractivity contribution in [3.05, 3.63) is 54.1 Å². The molecule has 30 heavy (non-hydrogen) atoms. The first-order chi connectivity index (χ1) is 14.5. The van der Waals surface area contributed by atoms with E-state index in [9.17, 15) is 0 Å². The smallest absolute Gasteiger partial charge is 0.191 e. The van der Waals surface area contributed by atoms with Crippen molar-refractivity contribution in [1.82, 2.24) is 15.5 Å². The summed E-state index contributed by atoms with van der Waals surface area (Å²) in [5, 5.41) is 6.64. The minimum atomic E-state index is -0.0681. The summed E-state index contributed by atoms with van der Waals surface area (Å²) in [5.41, 5.74) is 1.08. The molecule has 0 fully saturated rings. The van der Waals surface area contributed by atoms with Crippen LogP contribution in [0.25, 0.3) is 0 Å². The summed E-state index contributed by atoms with van der Waals surface area (Å²) in [6.07, 6.45) is -0.0681. The van der Waals surface area contributed by atoms with Crippen LogP contribution in [0.1, 0.15) is 12.5 Å². The van der Waals surface area contributed by atoms with Crippen LogP contribution in [0, 0.1) is 0 Å². The molecule has 0 saturated heterocycles. The van der Waals surface area contributed by atoms with E-state index >= 15 is 0 Å². The fourth-order valence-corrected chi connectivity index (χ4v) is 2.74. The number of benzene rings is 2. The first kappa shape index (κ1) is 23.3. The fraction of sp³-hybridized carbons (Fsp3) is 0.435. The topological polar surface area (TPSA) is 67.4 Å². The molecule has 0 heterocycles. The van der Waals surface area contributed by atoms with Gasteiger partial charge in [-0.25, -0.2) is 0 Å². The van der Waals surface area contributed by atoms with E-state index in [2.05, 4.69) is 26.6 Å². The number of nitrogens with zero attached hydrogens (tertiary/aromatic N) is 2. The van der Waals surface area contributed by atoms with Gasteiger partial charge in [0, 0.05) is 25.7 Å². The average Bonchev–Trinajstić information content (AvgIpc) is 2.75. The molecule has 7 heteroatoms. The molecule has 7 nitrogen and oxygen atoms in total. The molecule has 2 N–H and O–H groups in total. The summed E-state index contributed by atoms with van der Waals surface area (Å²) >= 11 is 0. The second-order valence-electron chi connectivity index (χ2n) is 7.15. The molecular formula is C23H34N4O3. The fourth-order valence-electron chi connectivity index (χ4n) is 2.74. The van der Waals surface area contributed by atoms with Gasteiger partial charge in [0.2, 0.25) is 0 Å². The molecule has 0 aliphatic rings. The van der Waals surface area contributed by atoms with Crippen LogP contribution in [0.15, 0.2) is 53.5 Å². The maximum atomic E-state index is 5.98. The van der Waals surface area contributed by atoms with E-state index < -0.39 is 0 Å². The van der Waals surface area contributed by atoms with Crippen LogP contribution in [0.4, 0.5) is 0 Å². The number of para-hydroxylation sites is 3. The predicted molar refractivity (Wildman–Crippen MR) is 122 cm³/mol. The van der Waals surface area contributed by atoms with Gasteiger partial charge in [0.1, 0.15) is 18.5 Å². The molecular weight excluding hydrogens is 380 g/mol. The van der Waals surface area contributed by atoms with Crippen molar-refractivity contribution in [2.45, 2.75) is 19.6 Å². The van der Waals surface area contributed by atoms with Crippen molar-refractivity contribution in [2.24, 2.45) is 4.99 Å². The second kappa shape index (κ2) is 12.6. The highest BCUT2D eigenvalue weighted by Crippen LogP contribution is 2.26. The third-order valence-electron chi connectivity index (χ3n) is 4.39. The summed E-state index contributed by atoms with van der Waals surface area (Å²) < 4.78 is 17.2. The number of hydrogen-bond donors (Lipinski definition) is 2. The summed E-state index contributed by atoms with van der Waals surface area (Å²) in [4.78, 5) is 6.40. The van der Waals surface area contributed by atoms with E-state index in [0.29, 0.717) is 25.7 Å². The number of likely N-dealkylation sites (N-methyl/N-ethyl adjacent to an activating group) is 1. The average molecular weight is 415 g/mol. The SMILES string of the molecule is CN=C(NCc1ccccc1OCCN(C)C)NCC(C)Oc1ccccc1OC. The van der Waals surface area contributed by atoms with Crippen molar-refractivity contribution in [2.75, 3.05) is 47.9 Å². The van der Waals surface area contributed by atoms with E-state index in [0.717, 1.165) is 29.4 Å². The third kappa shape index (κ3) is 7.83. The van der Waals surface area contributed by atoms with Gasteiger partial charge in [0.15, 0.2) is 17.5 Å². The molecule has 2 aromatic rings. The Kier molecular flexibility index (Phi) is 9.80. The van der Waals surface area contributed by atoms with Crippen molar-refractivity contribution < 1.29 is 14.2 Å². The summed E-state index contributed by atoms with van der Waals surface area (Å²) in [6, 6.07) is 15.7. The lowest BCUT2D eigenvalue weighted by Gasteiger charge is -2.19. The van der Waals surface area contributed by atoms with Gasteiger partial charge in [-0.05, 0) is 39.2 Å². The molecule has 164 valence electrons. The Balaban J connectivity index is 1.84. The first-order valence-corrected chi connectivity index (χ1v) is 10.1. The molecule has 0 aliphatic carbocycles. The van der Waals surface area contributed by atoms with Crippen LogP contribution in [-0.4, -0.2) is 64.9 Å². The number of nitrogens with one attached hydrogen (secondary N) is 2. The Bertz CT molecular complexity index is 796. The standard InChI is InChI=1S/C23H34N4O3/c1-18(30-22-13-9-8-12-21(22)28-5)16-25-23(24-2)26-17-19-10-6-7-11-20(19)29-15-14-27(3)4/h6-13,18H,14-17H2,1-5H3,(H2,24,25,26). The molecule has 0 bridgehead atoms. The van der Waals surface area contributed by atoms with Crippen molar-refractivity contribution in [3.8, 4) is 17.2 Å². The molecule has 0 amide bonds. The van der Waals surface area contributed by atoms with Crippen LogP contribution >= 0.6 is 0 Å². The Hall–Kier alpha value is -2.93. The Morgan fingerprint density at radius 3 is 2.33 bits per heavy atom. The van der Waals surface area contributed by atoms with Crippen molar-refractivity contribution in [3.63, 3.8) is 0 Å². The maximum Gasteiger partial charge on any atom is 0.191 e. The normalized spacial score (nSPS) is 12.4. The van der Waals surface area contributed by atoms with Crippen molar-refractivity contribution >= 4 is 5.96 Å². The van der Waals surface area contributed by atoms with Crippen LogP contribution in [0.2, 0.25) is 0 Å². The quantitative estimate of drug-likeness (QED) is 0.435. The summed E-state index contributed by atoms with van der Waals surface area (Å²) in [5.74, 6) is 3.03. The minimum absolute atomic E-state index is 0.0681. The molecule has 0 aliphatic heterocycles. The van der Waals surface area contributed by atoms with Gasteiger partial charge >= 0.3 is 0 Å². The zero-order chi connectivity index (χ0) is 21.8. The predicted octanol–water partition coefficient (Wildman–Crippen LogP) is 2.77. The summed E-state index contributed by atoms with van der Waals surface area (Å²) in [6.45, 7) is 4.72. The lowest BCUT2D eigenvalue weighted by Crippen LogP contribution is -2.41. The van der Waals surface area contributed by atoms with E-state index in [4.69, 9.17) is 14.2 Å². The highest BCUT2D eigenvalue weighted by molar-refractivity contribution is 5.79. The highest BCUT2D eigenvalue weighted by atomic mass is 16.5. The number of rotatable bonds is 11. The van der Waals surface area contributed by atoms with Crippen molar-refractivity contribution in [1.29, 1.82) is 0 Å². The molecule has 1 atom stereocenters. The van der Waals surface area contributed by atoms with Gasteiger partial charge in [-0.1, -0.05) is 30.3 Å². The van der Waals surface area contributed by atoms with Gasteiger partial charge in [-0.15, -0.1) is 0 Å². The lowest BCUT2D eigenvalue weighted by atomic mass is 10.2. The Labute approximate surface area is 180 Å². The number of methoxy groups -OCH3 is 1. The minimum Gasteiger partial charge on any atom is -0.493 e. The Morgan fingerprint density at radius 1 is 1.00 bits per heavy atom. The first-order valence-electron chi connectivity index (χ1n) is 10.1. The van der Waals surface area contributed by atoms with E-state index in [1.165, 1.54) is 0 Å². The molecule has 0 spiro atoms. The molecule has 2 aromatic carbocycles. The van der Waals surface area contributed by atoms with Crippen LogP contribution in [0.3, 0.4) is 0 Å². The van der Waals surface area contributed by atoms with E-state index in [1.54, 1.807) is 14.2 Å². The Morgan fingerprint density at radius 2 is 1.67 bits per heavy atom. The van der Waals surface area contributed by atoms with Gasteiger partial charge in [-0.2, -0.15) is 0 Å². The summed E-state index contributed by atoms with van der Waals surface area (Å²) in [7, 11) is 7.45. The van der Waals surface area contributed by atoms with E-state index in [-0.39, 0.29) is 6.10 Å². The molecule has 1 unspecified atom stereocenters. The van der Waals surface area contributed by atoms with Crippen LogP contribution < -0.4 is 24.8 Å². The van der Waals surface area contributed by atoms with Gasteiger partial charge in [0.05, 0.1) is 13.7 Å². The maximum absolute atomic E-state index is 5.98. The number of guanidine groups is 1. The molecule has 0 radical (unpaired) electrons. The lowest BCUT2D eigenvalue weighted by molar-refractivity contribution is 0.213. The third-order valence-corrected chi connectivity index (χ3v) is 4.39. The second-order valence-corrected chi connectivity index (χ2v) is 7.15. The zero-order valence-corrected chi connectivity index (χ0v) is 18.6. The molecule has 0 saturated carbocycles. The van der Waals surface area contributed by atoms with Gasteiger partial charge in [-0.3, -0.25) is 4.99 Å². The van der Waals surface area contributed by atoms with Gasteiger partial charge in [0.25, 0.3) is 0 Å². The largest absolute Gasteiger partial charge is 0.493 e. The number of ether oxygens (including phenoxy) is 3. The number of hydrogen-bond acceptors (Lipinski definition) is 5. The van der Waals surface area contributed by atoms with Crippen LogP contribution in [-0.2, 0) is 6.54 Å². The number of aliphatic imine (C=N–C) groups is 1. The van der Waals surface area contributed by atoms with Gasteiger partial charge < -0.3 is 29.7 Å². The van der Waals surface area contributed by atoms with Crippen LogP contribution in [0.5, 0.6) is 17.2 Å². The molecule has 0 aromatic heterocycles. The monoisotopic (exact) mass is 414 g/mol. The highest BCUT2D eigenvalue weighted by Gasteiger charge is 2.10. The zero-order valence-electron chi connectivity index (χ0n) is 18.6.